The van der Waals surface area contributed by atoms with Crippen LogP contribution in [0, 0.1) is 11.8 Å². The quantitative estimate of drug-likeness (QED) is 0.305. The van der Waals surface area contributed by atoms with Gasteiger partial charge in [0.2, 0.25) is 21.7 Å². The normalized spacial score (nSPS) is 13.7. The van der Waals surface area contributed by atoms with Crippen LogP contribution in [0.3, 0.4) is 0 Å². The van der Waals surface area contributed by atoms with Crippen LogP contribution in [0.5, 0.6) is 0 Å². The Kier molecular flexibility index (Phi) is 9.91. The molecule has 2 atom stereocenters. The average molecular weight is 500 g/mol. The number of hydrogen-bond donors (Lipinski definition) is 3. The van der Waals surface area contributed by atoms with Gasteiger partial charge >= 0.3 is 0 Å². The second-order valence-electron chi connectivity index (χ2n) is 9.08. The molecule has 0 saturated carbocycles. The Bertz CT molecular complexity index is 1160. The smallest absolute Gasteiger partial charge is 0.287 e. The van der Waals surface area contributed by atoms with Crippen molar-refractivity contribution in [2.75, 3.05) is 0 Å². The molecule has 0 spiro atoms. The van der Waals surface area contributed by atoms with Gasteiger partial charge in [0.1, 0.15) is 6.04 Å². The Morgan fingerprint density at radius 3 is 1.91 bits per heavy atom. The summed E-state index contributed by atoms with van der Waals surface area (Å²) in [6, 6.07) is 13.7. The van der Waals surface area contributed by atoms with Crippen molar-refractivity contribution in [1.29, 1.82) is 0 Å². The number of benzene rings is 2. The van der Waals surface area contributed by atoms with Crippen LogP contribution in [0.1, 0.15) is 45.2 Å². The van der Waals surface area contributed by atoms with Crippen molar-refractivity contribution >= 4 is 39.8 Å². The molecule has 0 fully saturated rings. The molecule has 9 heteroatoms. The number of carbonyl (C=O) groups excluding carboxylic acids is 3. The summed E-state index contributed by atoms with van der Waals surface area (Å²) in [4.78, 5) is 36.5. The highest BCUT2D eigenvalue weighted by atomic mass is 32.2. The predicted molar refractivity (Wildman–Crippen MR) is 136 cm³/mol. The lowest BCUT2D eigenvalue weighted by molar-refractivity contribution is -0.138. The van der Waals surface area contributed by atoms with Crippen molar-refractivity contribution in [2.24, 2.45) is 17.6 Å². The molecule has 0 aliphatic rings. The van der Waals surface area contributed by atoms with Crippen LogP contribution in [0.2, 0.25) is 0 Å². The van der Waals surface area contributed by atoms with E-state index in [0.717, 1.165) is 11.1 Å². The second-order valence-corrected chi connectivity index (χ2v) is 10.8. The molecule has 2 amide bonds. The molecule has 0 radical (unpaired) electrons. The number of ketones is 1. The van der Waals surface area contributed by atoms with Gasteiger partial charge in [-0.15, -0.1) is 0 Å². The Hall–Kier alpha value is -3.30. The molecule has 0 bridgehead atoms. The summed E-state index contributed by atoms with van der Waals surface area (Å²) < 4.78 is 28.4. The number of nitrogens with one attached hydrogen (secondary N) is 2. The molecule has 0 aliphatic carbocycles. The maximum atomic E-state index is 13.0. The number of Topliss-reactive ketones (excluding diaryl/α,β-unsaturated/α-hetero) is 1. The molecule has 35 heavy (non-hydrogen) atoms. The number of carbonyl (C=O) groups is 3. The predicted octanol–water partition coefficient (Wildman–Crippen LogP) is 2.75. The van der Waals surface area contributed by atoms with E-state index in [1.165, 1.54) is 12.1 Å². The molecular formula is C26H33N3O5S. The molecule has 2 aromatic rings. The van der Waals surface area contributed by atoms with Gasteiger partial charge in [-0.05, 0) is 41.5 Å². The van der Waals surface area contributed by atoms with Gasteiger partial charge in [-0.1, -0.05) is 82.3 Å². The molecule has 8 nitrogen and oxygen atoms in total. The molecule has 0 heterocycles. The monoisotopic (exact) mass is 499 g/mol. The van der Waals surface area contributed by atoms with E-state index in [2.05, 4.69) is 10.0 Å². The van der Waals surface area contributed by atoms with Crippen LogP contribution >= 0.6 is 0 Å². The maximum absolute atomic E-state index is 13.0. The molecule has 0 unspecified atom stereocenters. The number of amides is 2. The lowest BCUT2D eigenvalue weighted by Crippen LogP contribution is -2.55. The van der Waals surface area contributed by atoms with Crippen molar-refractivity contribution in [3.8, 4) is 0 Å². The standard InChI is InChI=1S/C26H33N3O5S/c1-17(2)16-22(24(30)25(27)31)28-26(32)23(18(3)4)29-35(33,34)21-14-12-20(13-15-21)11-10-19-8-6-5-7-9-19/h5-15,17-18,22-23,29H,16H2,1-4H3,(H2,27,31)(H,28,32)/b11-10+/t22-,23-/m0/s1. The molecule has 2 rings (SSSR count). The van der Waals surface area contributed by atoms with Crippen LogP contribution in [0.4, 0.5) is 0 Å². The van der Waals surface area contributed by atoms with E-state index in [0.29, 0.717) is 0 Å². The fourth-order valence-electron chi connectivity index (χ4n) is 3.38. The van der Waals surface area contributed by atoms with E-state index in [1.807, 2.05) is 56.3 Å². The van der Waals surface area contributed by atoms with Gasteiger partial charge < -0.3 is 11.1 Å². The van der Waals surface area contributed by atoms with Gasteiger partial charge in [-0.2, -0.15) is 4.72 Å². The highest BCUT2D eigenvalue weighted by Gasteiger charge is 2.32. The molecule has 0 aliphatic heterocycles. The zero-order valence-electron chi connectivity index (χ0n) is 20.4. The summed E-state index contributed by atoms with van der Waals surface area (Å²) in [5, 5.41) is 2.50. The zero-order chi connectivity index (χ0) is 26.2. The summed E-state index contributed by atoms with van der Waals surface area (Å²) in [5.74, 6) is -3.21. The zero-order valence-corrected chi connectivity index (χ0v) is 21.2. The van der Waals surface area contributed by atoms with Gasteiger partial charge in [-0.3, -0.25) is 14.4 Å². The van der Waals surface area contributed by atoms with Crippen molar-refractivity contribution in [3.63, 3.8) is 0 Å². The molecule has 188 valence electrons. The lowest BCUT2D eigenvalue weighted by Gasteiger charge is -2.25. The number of hydrogen-bond acceptors (Lipinski definition) is 5. The SMILES string of the molecule is CC(C)C[C@H](NC(=O)[C@@H](NS(=O)(=O)c1ccc(/C=C/c2ccccc2)cc1)C(C)C)C(=O)C(N)=O. The second kappa shape index (κ2) is 12.4. The largest absolute Gasteiger partial charge is 0.363 e. The molecule has 2 aromatic carbocycles. The summed E-state index contributed by atoms with van der Waals surface area (Å²) in [6.45, 7) is 7.01. The Balaban J connectivity index is 2.17. The summed E-state index contributed by atoms with van der Waals surface area (Å²) in [5.41, 5.74) is 6.94. The highest BCUT2D eigenvalue weighted by molar-refractivity contribution is 7.89. The van der Waals surface area contributed by atoms with Crippen molar-refractivity contribution in [2.45, 2.75) is 51.1 Å². The molecule has 0 saturated heterocycles. The first-order valence-corrected chi connectivity index (χ1v) is 12.9. The summed E-state index contributed by atoms with van der Waals surface area (Å²) >= 11 is 0. The van der Waals surface area contributed by atoms with E-state index in [1.54, 1.807) is 26.0 Å². The first-order valence-electron chi connectivity index (χ1n) is 11.4. The fourth-order valence-corrected chi connectivity index (χ4v) is 4.72. The van der Waals surface area contributed by atoms with Crippen LogP contribution < -0.4 is 15.8 Å². The van der Waals surface area contributed by atoms with E-state index in [-0.39, 0.29) is 17.2 Å². The lowest BCUT2D eigenvalue weighted by atomic mass is 9.98. The summed E-state index contributed by atoms with van der Waals surface area (Å²) in [7, 11) is -4.04. The first-order chi connectivity index (χ1) is 16.4. The maximum Gasteiger partial charge on any atom is 0.287 e. The summed E-state index contributed by atoms with van der Waals surface area (Å²) in [6.07, 6.45) is 3.99. The number of primary amides is 1. The van der Waals surface area contributed by atoms with Gasteiger partial charge in [0.25, 0.3) is 5.91 Å². The van der Waals surface area contributed by atoms with Crippen LogP contribution in [0.15, 0.2) is 59.5 Å². The molecular weight excluding hydrogens is 466 g/mol. The van der Waals surface area contributed by atoms with E-state index in [9.17, 15) is 22.8 Å². The van der Waals surface area contributed by atoms with Crippen LogP contribution in [-0.4, -0.2) is 38.1 Å². The Morgan fingerprint density at radius 1 is 0.886 bits per heavy atom. The van der Waals surface area contributed by atoms with Gasteiger partial charge in [0, 0.05) is 0 Å². The van der Waals surface area contributed by atoms with E-state index in [4.69, 9.17) is 5.73 Å². The highest BCUT2D eigenvalue weighted by Crippen LogP contribution is 2.16. The van der Waals surface area contributed by atoms with Gasteiger partial charge in [-0.25, -0.2) is 8.42 Å². The number of sulfonamides is 1. The Labute approximate surface area is 207 Å². The first kappa shape index (κ1) is 27.9. The third kappa shape index (κ3) is 8.45. The van der Waals surface area contributed by atoms with E-state index >= 15 is 0 Å². The number of rotatable bonds is 12. The topological polar surface area (TPSA) is 135 Å². The van der Waals surface area contributed by atoms with Gasteiger partial charge in [0.15, 0.2) is 0 Å². The average Bonchev–Trinajstić information content (AvgIpc) is 2.80. The van der Waals surface area contributed by atoms with Crippen molar-refractivity contribution < 1.29 is 22.8 Å². The van der Waals surface area contributed by atoms with E-state index < -0.39 is 45.6 Å². The third-order valence-electron chi connectivity index (χ3n) is 5.27. The van der Waals surface area contributed by atoms with Crippen LogP contribution in [-0.2, 0) is 24.4 Å². The number of nitrogens with two attached hydrogens (primary N) is 1. The minimum absolute atomic E-state index is 0.000228. The molecule has 4 N–H and O–H groups in total. The van der Waals surface area contributed by atoms with Crippen molar-refractivity contribution in [3.05, 3.63) is 65.7 Å². The fraction of sp³-hybridized carbons (Fsp3) is 0.346. The minimum atomic E-state index is -4.04. The minimum Gasteiger partial charge on any atom is -0.363 e. The third-order valence-corrected chi connectivity index (χ3v) is 6.73. The van der Waals surface area contributed by atoms with Gasteiger partial charge in [0.05, 0.1) is 10.9 Å². The Morgan fingerprint density at radius 2 is 1.43 bits per heavy atom. The molecule has 0 aromatic heterocycles. The van der Waals surface area contributed by atoms with Crippen molar-refractivity contribution in [1.82, 2.24) is 10.0 Å². The van der Waals surface area contributed by atoms with Crippen LogP contribution in [0.25, 0.3) is 12.2 Å².